The molecule has 3 rings (SSSR count). The Balaban J connectivity index is 1.74. The van der Waals surface area contributed by atoms with Crippen molar-refractivity contribution in [1.82, 2.24) is 20.1 Å². The van der Waals surface area contributed by atoms with Gasteiger partial charge in [-0.15, -0.1) is 11.3 Å². The summed E-state index contributed by atoms with van der Waals surface area (Å²) in [5, 5.41) is 12.5. The molecular weight excluding hydrogens is 364 g/mol. The predicted octanol–water partition coefficient (Wildman–Crippen LogP) is 4.20. The smallest absolute Gasteiger partial charge is 0.240 e. The first-order valence-electron chi connectivity index (χ1n) is 7.28. The molecule has 8 heteroatoms. The lowest BCUT2D eigenvalue weighted by molar-refractivity contribution is -0.122. The van der Waals surface area contributed by atoms with E-state index in [1.54, 1.807) is 22.0 Å². The van der Waals surface area contributed by atoms with Crippen LogP contribution in [0.2, 0.25) is 5.02 Å². The SMILES string of the molecule is CC(NC(=O)Cn1c(-c2cccs2)n[nH]c1=S)c1cccc(Cl)c1. The van der Waals surface area contributed by atoms with Gasteiger partial charge >= 0.3 is 0 Å². The van der Waals surface area contributed by atoms with E-state index in [1.807, 2.05) is 42.6 Å². The number of benzene rings is 1. The Morgan fingerprint density at radius 3 is 3.00 bits per heavy atom. The fourth-order valence-electron chi connectivity index (χ4n) is 2.35. The van der Waals surface area contributed by atoms with Gasteiger partial charge in [0, 0.05) is 5.02 Å². The molecule has 0 fully saturated rings. The van der Waals surface area contributed by atoms with Crippen molar-refractivity contribution in [1.29, 1.82) is 0 Å². The van der Waals surface area contributed by atoms with Crippen molar-refractivity contribution in [2.45, 2.75) is 19.5 Å². The summed E-state index contributed by atoms with van der Waals surface area (Å²) in [6.07, 6.45) is 0. The zero-order valence-corrected chi connectivity index (χ0v) is 15.2. The minimum Gasteiger partial charge on any atom is -0.348 e. The topological polar surface area (TPSA) is 62.7 Å². The highest BCUT2D eigenvalue weighted by molar-refractivity contribution is 7.71. The van der Waals surface area contributed by atoms with Crippen molar-refractivity contribution in [2.24, 2.45) is 0 Å². The summed E-state index contributed by atoms with van der Waals surface area (Å²) >= 11 is 12.8. The van der Waals surface area contributed by atoms with Crippen LogP contribution < -0.4 is 5.32 Å². The number of aromatic nitrogens is 3. The first-order valence-corrected chi connectivity index (χ1v) is 8.95. The molecule has 2 N–H and O–H groups in total. The molecule has 0 radical (unpaired) electrons. The average Bonchev–Trinajstić information content (AvgIpc) is 3.18. The zero-order valence-electron chi connectivity index (χ0n) is 12.8. The lowest BCUT2D eigenvalue weighted by Gasteiger charge is -2.15. The largest absolute Gasteiger partial charge is 0.348 e. The van der Waals surface area contributed by atoms with Gasteiger partial charge < -0.3 is 5.32 Å². The lowest BCUT2D eigenvalue weighted by atomic mass is 10.1. The molecule has 1 aromatic carbocycles. The molecule has 2 aromatic heterocycles. The fourth-order valence-corrected chi connectivity index (χ4v) is 3.47. The van der Waals surface area contributed by atoms with E-state index < -0.39 is 0 Å². The monoisotopic (exact) mass is 378 g/mol. The molecule has 0 aliphatic heterocycles. The molecule has 1 unspecified atom stereocenters. The molecule has 2 heterocycles. The first-order chi connectivity index (χ1) is 11.5. The maximum absolute atomic E-state index is 12.4. The van der Waals surface area contributed by atoms with Crippen LogP contribution in [0.25, 0.3) is 10.7 Å². The standard InChI is InChI=1S/C16H15ClN4OS2/c1-10(11-4-2-5-12(17)8-11)18-14(22)9-21-15(19-20-16(21)23)13-6-3-7-24-13/h2-8,10H,9H2,1H3,(H,18,22)(H,20,23). The number of H-pyrrole nitrogens is 1. The fraction of sp³-hybridized carbons (Fsp3) is 0.188. The summed E-state index contributed by atoms with van der Waals surface area (Å²) in [6, 6.07) is 11.2. The molecule has 0 aliphatic carbocycles. The molecule has 1 amide bonds. The molecule has 5 nitrogen and oxygen atoms in total. The summed E-state index contributed by atoms with van der Waals surface area (Å²) in [4.78, 5) is 13.4. The Labute approximate surface area is 153 Å². The molecule has 0 saturated heterocycles. The number of aromatic amines is 1. The van der Waals surface area contributed by atoms with E-state index in [-0.39, 0.29) is 18.5 Å². The Hall–Kier alpha value is -1.96. The highest BCUT2D eigenvalue weighted by Crippen LogP contribution is 2.23. The normalized spacial score (nSPS) is 12.1. The molecule has 0 bridgehead atoms. The third-order valence-electron chi connectivity index (χ3n) is 3.53. The van der Waals surface area contributed by atoms with Gasteiger partial charge in [-0.1, -0.05) is 29.8 Å². The van der Waals surface area contributed by atoms with E-state index in [0.717, 1.165) is 10.4 Å². The van der Waals surface area contributed by atoms with Crippen LogP contribution in [0, 0.1) is 4.77 Å². The van der Waals surface area contributed by atoms with E-state index in [4.69, 9.17) is 23.8 Å². The molecule has 3 aromatic rings. The van der Waals surface area contributed by atoms with Gasteiger partial charge in [0.25, 0.3) is 0 Å². The number of amides is 1. The van der Waals surface area contributed by atoms with Gasteiger partial charge in [0.2, 0.25) is 5.91 Å². The van der Waals surface area contributed by atoms with Crippen LogP contribution in [0.3, 0.4) is 0 Å². The highest BCUT2D eigenvalue weighted by Gasteiger charge is 2.15. The van der Waals surface area contributed by atoms with Crippen LogP contribution in [0.5, 0.6) is 0 Å². The van der Waals surface area contributed by atoms with Crippen LogP contribution in [-0.4, -0.2) is 20.7 Å². The molecule has 1 atom stereocenters. The highest BCUT2D eigenvalue weighted by atomic mass is 35.5. The second-order valence-corrected chi connectivity index (χ2v) is 7.03. The van der Waals surface area contributed by atoms with Gasteiger partial charge in [-0.25, -0.2) is 0 Å². The summed E-state index contributed by atoms with van der Waals surface area (Å²) in [6.45, 7) is 2.02. The summed E-state index contributed by atoms with van der Waals surface area (Å²) < 4.78 is 2.12. The Morgan fingerprint density at radius 2 is 2.29 bits per heavy atom. The van der Waals surface area contributed by atoms with Crippen LogP contribution in [-0.2, 0) is 11.3 Å². The predicted molar refractivity (Wildman–Crippen MR) is 98.7 cm³/mol. The van der Waals surface area contributed by atoms with Crippen molar-refractivity contribution in [2.75, 3.05) is 0 Å². The van der Waals surface area contributed by atoms with Crippen LogP contribution in [0.4, 0.5) is 0 Å². The number of hydrogen-bond donors (Lipinski definition) is 2. The number of thiophene rings is 1. The van der Waals surface area contributed by atoms with Crippen LogP contribution >= 0.6 is 35.2 Å². The van der Waals surface area contributed by atoms with Crippen molar-refractivity contribution in [3.63, 3.8) is 0 Å². The maximum Gasteiger partial charge on any atom is 0.240 e. The van der Waals surface area contributed by atoms with Gasteiger partial charge in [0.1, 0.15) is 6.54 Å². The van der Waals surface area contributed by atoms with Gasteiger partial charge in [-0.2, -0.15) is 5.10 Å². The minimum absolute atomic E-state index is 0.105. The van der Waals surface area contributed by atoms with Gasteiger partial charge in [-0.05, 0) is 48.3 Å². The first kappa shape index (κ1) is 16.9. The van der Waals surface area contributed by atoms with Crippen molar-refractivity contribution in [3.8, 4) is 10.7 Å². The number of nitrogens with one attached hydrogen (secondary N) is 2. The molecule has 0 saturated carbocycles. The van der Waals surface area contributed by atoms with E-state index >= 15 is 0 Å². The van der Waals surface area contributed by atoms with Gasteiger partial charge in [-0.3, -0.25) is 14.5 Å². The molecule has 0 aliphatic rings. The van der Waals surface area contributed by atoms with E-state index in [2.05, 4.69) is 15.5 Å². The second kappa shape index (κ2) is 7.29. The van der Waals surface area contributed by atoms with Crippen molar-refractivity contribution in [3.05, 3.63) is 57.1 Å². The Morgan fingerprint density at radius 1 is 1.46 bits per heavy atom. The number of hydrogen-bond acceptors (Lipinski definition) is 4. The molecule has 24 heavy (non-hydrogen) atoms. The van der Waals surface area contributed by atoms with Gasteiger partial charge in [0.15, 0.2) is 10.6 Å². The van der Waals surface area contributed by atoms with Crippen molar-refractivity contribution < 1.29 is 4.79 Å². The maximum atomic E-state index is 12.4. The van der Waals surface area contributed by atoms with Gasteiger partial charge in [0.05, 0.1) is 10.9 Å². The zero-order chi connectivity index (χ0) is 17.1. The number of nitrogens with zero attached hydrogens (tertiary/aromatic N) is 2. The van der Waals surface area contributed by atoms with E-state index in [1.165, 1.54) is 0 Å². The van der Waals surface area contributed by atoms with Crippen LogP contribution in [0.1, 0.15) is 18.5 Å². The van der Waals surface area contributed by atoms with Crippen molar-refractivity contribution >= 4 is 41.1 Å². The van der Waals surface area contributed by atoms with E-state index in [9.17, 15) is 4.79 Å². The molecule has 124 valence electrons. The quantitative estimate of drug-likeness (QED) is 0.654. The number of rotatable bonds is 5. The third kappa shape index (κ3) is 3.75. The molecular formula is C16H15ClN4OS2. The Kier molecular flexibility index (Phi) is 5.13. The number of carbonyl (C=O) groups excluding carboxylic acids is 1. The lowest BCUT2D eigenvalue weighted by Crippen LogP contribution is -2.30. The Bertz CT molecular complexity index is 901. The van der Waals surface area contributed by atoms with E-state index in [0.29, 0.717) is 15.6 Å². The number of halogens is 1. The van der Waals surface area contributed by atoms with Crippen LogP contribution in [0.15, 0.2) is 41.8 Å². The molecule has 0 spiro atoms. The average molecular weight is 379 g/mol. The summed E-state index contributed by atoms with van der Waals surface area (Å²) in [5.41, 5.74) is 0.949. The summed E-state index contributed by atoms with van der Waals surface area (Å²) in [7, 11) is 0. The second-order valence-electron chi connectivity index (χ2n) is 5.26. The minimum atomic E-state index is -0.150. The third-order valence-corrected chi connectivity index (χ3v) is 4.94. The number of carbonyl (C=O) groups is 1. The summed E-state index contributed by atoms with van der Waals surface area (Å²) in [5.74, 6) is 0.526.